The molecular formula is C17H11ClN6S. The van der Waals surface area contributed by atoms with Crippen molar-refractivity contribution in [3.63, 3.8) is 0 Å². The summed E-state index contributed by atoms with van der Waals surface area (Å²) in [7, 11) is 0. The fourth-order valence-corrected chi connectivity index (χ4v) is 4.28. The summed E-state index contributed by atoms with van der Waals surface area (Å²) < 4.78 is 0. The van der Waals surface area contributed by atoms with Crippen LogP contribution in [0.15, 0.2) is 37.1 Å². The van der Waals surface area contributed by atoms with Gasteiger partial charge in [0.25, 0.3) is 0 Å². The zero-order chi connectivity index (χ0) is 17.4. The first-order valence-corrected chi connectivity index (χ1v) is 8.64. The fourth-order valence-electron chi connectivity index (χ4n) is 2.78. The van der Waals surface area contributed by atoms with E-state index in [-0.39, 0.29) is 6.04 Å². The van der Waals surface area contributed by atoms with E-state index in [2.05, 4.69) is 26.3 Å². The smallest absolute Gasteiger partial charge is 0.129 e. The van der Waals surface area contributed by atoms with Crippen LogP contribution in [0.4, 0.5) is 0 Å². The molecule has 0 spiro atoms. The number of thiophene rings is 1. The Kier molecular flexibility index (Phi) is 3.92. The maximum Gasteiger partial charge on any atom is 0.129 e. The highest BCUT2D eigenvalue weighted by Gasteiger charge is 2.27. The van der Waals surface area contributed by atoms with E-state index in [4.69, 9.17) is 22.3 Å². The van der Waals surface area contributed by atoms with Gasteiger partial charge in [0.1, 0.15) is 18.2 Å². The molecule has 4 rings (SSSR count). The fraction of sp³-hybridized carbons (Fsp3) is 0.118. The number of nitrogens with one attached hydrogen (secondary N) is 2. The standard InChI is InChI=1S/C17H11ClN6S/c18-12-2-15(10-1-9(4-19)5-21-6-10)25-16(12)14-3-13-11(17(20)24-14)7-22-8-23-13/h1-2,5-8,14H,3H2,(H2,20,24). The number of nitriles is 1. The maximum absolute atomic E-state index is 9.04. The minimum atomic E-state index is -0.117. The second-order valence-corrected chi connectivity index (χ2v) is 7.05. The number of hydrogen-bond acceptors (Lipinski definition) is 6. The number of amidine groups is 1. The van der Waals surface area contributed by atoms with Gasteiger partial charge in [0.15, 0.2) is 0 Å². The number of pyridine rings is 1. The van der Waals surface area contributed by atoms with Gasteiger partial charge in [-0.25, -0.2) is 9.97 Å². The van der Waals surface area contributed by atoms with Gasteiger partial charge >= 0.3 is 0 Å². The Morgan fingerprint density at radius 3 is 3.00 bits per heavy atom. The molecule has 1 aliphatic heterocycles. The number of rotatable bonds is 2. The molecule has 4 heterocycles. The van der Waals surface area contributed by atoms with E-state index < -0.39 is 0 Å². The minimum Gasteiger partial charge on any atom is -0.362 e. The van der Waals surface area contributed by atoms with Gasteiger partial charge in [0.2, 0.25) is 0 Å². The van der Waals surface area contributed by atoms with Crippen molar-refractivity contribution >= 4 is 28.8 Å². The molecule has 1 atom stereocenters. The lowest BCUT2D eigenvalue weighted by atomic mass is 10.00. The average Bonchev–Trinajstić information content (AvgIpc) is 3.03. The van der Waals surface area contributed by atoms with Gasteiger partial charge in [-0.2, -0.15) is 5.26 Å². The first kappa shape index (κ1) is 15.7. The third kappa shape index (κ3) is 2.86. The normalized spacial score (nSPS) is 16.0. The summed E-state index contributed by atoms with van der Waals surface area (Å²) in [5, 5.41) is 21.0. The molecule has 122 valence electrons. The number of nitrogens with zero attached hydrogens (tertiary/aromatic N) is 4. The zero-order valence-corrected chi connectivity index (χ0v) is 14.4. The number of fused-ring (bicyclic) bond motifs is 1. The van der Waals surface area contributed by atoms with Crippen LogP contribution in [0.2, 0.25) is 5.02 Å². The molecule has 0 amide bonds. The first-order valence-electron chi connectivity index (χ1n) is 7.45. The molecule has 3 aromatic heterocycles. The molecule has 2 N–H and O–H groups in total. The van der Waals surface area contributed by atoms with Crippen molar-refractivity contribution in [3.05, 3.63) is 63.8 Å². The van der Waals surface area contributed by atoms with Crippen molar-refractivity contribution in [2.45, 2.75) is 12.5 Å². The molecule has 0 aliphatic carbocycles. The average molecular weight is 367 g/mol. The van der Waals surface area contributed by atoms with Crippen molar-refractivity contribution in [1.29, 1.82) is 10.7 Å². The van der Waals surface area contributed by atoms with E-state index >= 15 is 0 Å². The summed E-state index contributed by atoms with van der Waals surface area (Å²) >= 11 is 7.99. The highest BCUT2D eigenvalue weighted by atomic mass is 35.5. The molecule has 8 heteroatoms. The SMILES string of the molecule is N#Cc1cncc(-c2cc(Cl)c(C3Cc4ncncc4C(=N)N3)s2)c1. The second kappa shape index (κ2) is 6.24. The largest absolute Gasteiger partial charge is 0.362 e. The Morgan fingerprint density at radius 2 is 2.16 bits per heavy atom. The summed E-state index contributed by atoms with van der Waals surface area (Å²) in [5.41, 5.74) is 2.91. The van der Waals surface area contributed by atoms with Crippen LogP contribution in [0.5, 0.6) is 0 Å². The topological polar surface area (TPSA) is 98.3 Å². The highest BCUT2D eigenvalue weighted by molar-refractivity contribution is 7.16. The Morgan fingerprint density at radius 1 is 1.28 bits per heavy atom. The van der Waals surface area contributed by atoms with E-state index in [0.717, 1.165) is 26.6 Å². The van der Waals surface area contributed by atoms with Gasteiger partial charge in [-0.05, 0) is 12.1 Å². The van der Waals surface area contributed by atoms with Crippen LogP contribution in [0.25, 0.3) is 10.4 Å². The van der Waals surface area contributed by atoms with Crippen LogP contribution in [0.3, 0.4) is 0 Å². The predicted molar refractivity (Wildman–Crippen MR) is 95.7 cm³/mol. The van der Waals surface area contributed by atoms with E-state index in [1.54, 1.807) is 18.5 Å². The lowest BCUT2D eigenvalue weighted by Gasteiger charge is -2.25. The molecule has 0 aromatic carbocycles. The lowest BCUT2D eigenvalue weighted by Crippen LogP contribution is -2.35. The Labute approximate surface area is 152 Å². The Bertz CT molecular complexity index is 1020. The lowest BCUT2D eigenvalue weighted by molar-refractivity contribution is 0.621. The number of aromatic nitrogens is 3. The maximum atomic E-state index is 9.04. The van der Waals surface area contributed by atoms with Crippen LogP contribution >= 0.6 is 22.9 Å². The van der Waals surface area contributed by atoms with Gasteiger partial charge in [-0.1, -0.05) is 11.6 Å². The summed E-state index contributed by atoms with van der Waals surface area (Å²) in [4.78, 5) is 14.2. The monoisotopic (exact) mass is 366 g/mol. The van der Waals surface area contributed by atoms with Crippen LogP contribution in [0.1, 0.15) is 27.7 Å². The van der Waals surface area contributed by atoms with Gasteiger partial charge < -0.3 is 5.32 Å². The molecule has 0 saturated carbocycles. The summed E-state index contributed by atoms with van der Waals surface area (Å²) in [6.45, 7) is 0. The van der Waals surface area contributed by atoms with Crippen molar-refractivity contribution in [1.82, 2.24) is 20.3 Å². The van der Waals surface area contributed by atoms with Gasteiger partial charge in [-0.3, -0.25) is 10.4 Å². The summed E-state index contributed by atoms with van der Waals surface area (Å²) in [6, 6.07) is 5.64. The highest BCUT2D eigenvalue weighted by Crippen LogP contribution is 2.40. The van der Waals surface area contributed by atoms with Crippen LogP contribution in [-0.2, 0) is 6.42 Å². The first-order chi connectivity index (χ1) is 12.2. The molecule has 0 radical (unpaired) electrons. The minimum absolute atomic E-state index is 0.117. The zero-order valence-electron chi connectivity index (χ0n) is 12.8. The molecule has 3 aromatic rings. The third-order valence-corrected chi connectivity index (χ3v) is 5.68. The van der Waals surface area contributed by atoms with Crippen LogP contribution < -0.4 is 5.32 Å². The van der Waals surface area contributed by atoms with Crippen LogP contribution in [0, 0.1) is 16.7 Å². The molecule has 0 bridgehead atoms. The summed E-state index contributed by atoms with van der Waals surface area (Å²) in [6.07, 6.45) is 7.02. The predicted octanol–water partition coefficient (Wildman–Crippen LogP) is 3.34. The Balaban J connectivity index is 1.70. The van der Waals surface area contributed by atoms with Crippen molar-refractivity contribution in [2.24, 2.45) is 0 Å². The second-order valence-electron chi connectivity index (χ2n) is 5.56. The molecule has 25 heavy (non-hydrogen) atoms. The molecule has 0 fully saturated rings. The van der Waals surface area contributed by atoms with Crippen molar-refractivity contribution < 1.29 is 0 Å². The molecule has 1 aliphatic rings. The van der Waals surface area contributed by atoms with Gasteiger partial charge in [-0.15, -0.1) is 11.3 Å². The van der Waals surface area contributed by atoms with Gasteiger partial charge in [0, 0.05) is 40.3 Å². The van der Waals surface area contributed by atoms with Gasteiger partial charge in [0.05, 0.1) is 27.9 Å². The number of hydrogen-bond donors (Lipinski definition) is 2. The molecule has 1 unspecified atom stereocenters. The van der Waals surface area contributed by atoms with E-state index in [1.165, 1.54) is 23.9 Å². The van der Waals surface area contributed by atoms with E-state index in [1.807, 2.05) is 6.07 Å². The molecule has 0 saturated heterocycles. The quantitative estimate of drug-likeness (QED) is 0.724. The molecular weight excluding hydrogens is 356 g/mol. The van der Waals surface area contributed by atoms with Crippen LogP contribution in [-0.4, -0.2) is 20.8 Å². The third-order valence-electron chi connectivity index (χ3n) is 3.96. The summed E-state index contributed by atoms with van der Waals surface area (Å²) in [5.74, 6) is 0.297. The number of halogens is 1. The Hall–Kier alpha value is -2.82. The molecule has 6 nitrogen and oxygen atoms in total. The van der Waals surface area contributed by atoms with Crippen molar-refractivity contribution in [3.8, 4) is 16.5 Å². The van der Waals surface area contributed by atoms with E-state index in [9.17, 15) is 0 Å². The van der Waals surface area contributed by atoms with E-state index in [0.29, 0.717) is 22.8 Å². The van der Waals surface area contributed by atoms with Crippen molar-refractivity contribution in [2.75, 3.05) is 0 Å².